The van der Waals surface area contributed by atoms with Crippen LogP contribution in [0.4, 0.5) is 0 Å². The van der Waals surface area contributed by atoms with Crippen LogP contribution >= 0.6 is 0 Å². The molecular weight excluding hydrogens is 271 g/mol. The van der Waals surface area contributed by atoms with Gasteiger partial charge < -0.3 is 10.2 Å². The summed E-state index contributed by atoms with van der Waals surface area (Å²) in [6.07, 6.45) is 16.5. The minimum Gasteiger partial charge on any atom is -0.852 e. The van der Waals surface area contributed by atoms with Crippen LogP contribution in [-0.2, 0) is 4.79 Å². The van der Waals surface area contributed by atoms with Gasteiger partial charge >= 0.3 is 24.8 Å². The quantitative estimate of drug-likeness (QED) is 0.283. The molecule has 1 atom stereocenters. The van der Waals surface area contributed by atoms with Gasteiger partial charge in [0.05, 0.1) is 0 Å². The monoisotopic (exact) mass is 304 g/mol. The summed E-state index contributed by atoms with van der Waals surface area (Å²) in [6, 6.07) is 0. The van der Waals surface area contributed by atoms with Gasteiger partial charge in [0, 0.05) is 6.42 Å². The van der Waals surface area contributed by atoms with Crippen LogP contribution in [0.25, 0.3) is 0 Å². The van der Waals surface area contributed by atoms with Gasteiger partial charge in [-0.15, -0.1) is 6.10 Å². The van der Waals surface area contributed by atoms with E-state index in [1.54, 1.807) is 0 Å². The van der Waals surface area contributed by atoms with Gasteiger partial charge in [-0.3, -0.25) is 4.79 Å². The number of hydrogen-bond acceptors (Lipinski definition) is 2. The molecule has 0 rings (SSSR count). The van der Waals surface area contributed by atoms with Crippen molar-refractivity contribution < 1.29 is 33.9 Å². The Morgan fingerprint density at radius 2 is 1.64 bits per heavy atom. The Bertz CT molecular complexity index is 267. The largest absolute Gasteiger partial charge is 1.00 e. The molecule has 3 nitrogen and oxygen atoms in total. The van der Waals surface area contributed by atoms with Crippen LogP contribution in [-0.4, -0.2) is 17.2 Å². The minimum atomic E-state index is -0.695. The molecule has 1 N–H and O–H groups in total. The van der Waals surface area contributed by atoms with E-state index < -0.39 is 12.1 Å². The Balaban J connectivity index is 0. The summed E-state index contributed by atoms with van der Waals surface area (Å²) >= 11 is 0. The number of carbonyl (C=O) groups is 1. The van der Waals surface area contributed by atoms with Crippen molar-refractivity contribution in [2.45, 2.75) is 96.5 Å². The number of carboxylic acids is 1. The molecule has 0 aliphatic rings. The van der Waals surface area contributed by atoms with E-state index in [-0.39, 0.29) is 18.9 Å². The summed E-state index contributed by atoms with van der Waals surface area (Å²) in [4.78, 5) is 10.3. The maximum Gasteiger partial charge on any atom is 1.00 e. The van der Waals surface area contributed by atoms with Gasteiger partial charge in [-0.1, -0.05) is 70.4 Å². The smallest absolute Gasteiger partial charge is 0.852 e. The average molecular weight is 304 g/mol. The fourth-order valence-corrected chi connectivity index (χ4v) is 2.35. The van der Waals surface area contributed by atoms with Gasteiger partial charge in [0.1, 0.15) is 0 Å². The molecule has 22 heavy (non-hydrogen) atoms. The van der Waals surface area contributed by atoms with Gasteiger partial charge in [-0.05, 0) is 25.7 Å². The molecular formula is C18H33LiO3. The van der Waals surface area contributed by atoms with Crippen LogP contribution in [0.2, 0.25) is 0 Å². The average Bonchev–Trinajstić information content (AvgIpc) is 2.45. The van der Waals surface area contributed by atoms with Crippen molar-refractivity contribution in [1.82, 2.24) is 0 Å². The third-order valence-electron chi connectivity index (χ3n) is 3.71. The zero-order valence-electron chi connectivity index (χ0n) is 14.7. The minimum absolute atomic E-state index is 0. The topological polar surface area (TPSA) is 60.4 Å². The number of hydrogen-bond donors (Lipinski definition) is 1. The Kier molecular flexibility index (Phi) is 20.5. The van der Waals surface area contributed by atoms with Crippen LogP contribution in [0.5, 0.6) is 0 Å². The van der Waals surface area contributed by atoms with Gasteiger partial charge in [-0.25, -0.2) is 0 Å². The molecule has 0 spiro atoms. The van der Waals surface area contributed by atoms with Crippen molar-refractivity contribution >= 4 is 5.97 Å². The van der Waals surface area contributed by atoms with Crippen LogP contribution < -0.4 is 24.0 Å². The van der Waals surface area contributed by atoms with E-state index in [1.807, 2.05) is 6.08 Å². The summed E-state index contributed by atoms with van der Waals surface area (Å²) in [5.74, 6) is -0.695. The SMILES string of the molecule is CCCCCC[C@@H]([O-])C/C=C\CCCCCCCC(=O)O.[Li+]. The molecule has 124 valence electrons. The first kappa shape index (κ1) is 24.0. The van der Waals surface area contributed by atoms with Gasteiger partial charge in [0.15, 0.2) is 0 Å². The number of allylic oxidation sites excluding steroid dienone is 1. The van der Waals surface area contributed by atoms with Crippen molar-refractivity contribution in [1.29, 1.82) is 0 Å². The van der Waals surface area contributed by atoms with Crippen LogP contribution in [0.3, 0.4) is 0 Å². The Morgan fingerprint density at radius 1 is 1.00 bits per heavy atom. The molecule has 0 bridgehead atoms. The molecule has 0 radical (unpaired) electrons. The molecule has 0 amide bonds. The van der Waals surface area contributed by atoms with Gasteiger partial charge in [0.25, 0.3) is 0 Å². The number of unbranched alkanes of at least 4 members (excludes halogenated alkanes) is 8. The van der Waals surface area contributed by atoms with E-state index in [0.717, 1.165) is 51.4 Å². The number of rotatable bonds is 15. The molecule has 0 saturated heterocycles. The second kappa shape index (κ2) is 18.8. The second-order valence-corrected chi connectivity index (χ2v) is 5.88. The van der Waals surface area contributed by atoms with Crippen molar-refractivity contribution in [3.63, 3.8) is 0 Å². The Labute approximate surface area is 148 Å². The molecule has 0 aliphatic heterocycles. The Hall–Kier alpha value is -0.233. The third kappa shape index (κ3) is 19.8. The molecule has 0 heterocycles. The number of aliphatic carboxylic acids is 1. The molecule has 0 aliphatic carbocycles. The Morgan fingerprint density at radius 3 is 2.32 bits per heavy atom. The normalized spacial score (nSPS) is 12.3. The summed E-state index contributed by atoms with van der Waals surface area (Å²) in [5, 5.41) is 20.2. The van der Waals surface area contributed by atoms with Crippen molar-refractivity contribution in [2.75, 3.05) is 0 Å². The first-order chi connectivity index (χ1) is 10.2. The van der Waals surface area contributed by atoms with Crippen LogP contribution in [0.1, 0.15) is 90.4 Å². The summed E-state index contributed by atoms with van der Waals surface area (Å²) in [7, 11) is 0. The fourth-order valence-electron chi connectivity index (χ4n) is 2.35. The van der Waals surface area contributed by atoms with E-state index in [9.17, 15) is 9.90 Å². The molecule has 0 unspecified atom stereocenters. The second-order valence-electron chi connectivity index (χ2n) is 5.88. The summed E-state index contributed by atoms with van der Waals surface area (Å²) < 4.78 is 0. The van der Waals surface area contributed by atoms with E-state index in [1.165, 1.54) is 19.3 Å². The predicted octanol–water partition coefficient (Wildman–Crippen LogP) is 1.45. The molecule has 0 aromatic carbocycles. The predicted molar refractivity (Wildman–Crippen MR) is 86.3 cm³/mol. The maximum absolute atomic E-state index is 11.7. The van der Waals surface area contributed by atoms with Gasteiger partial charge in [-0.2, -0.15) is 0 Å². The molecule has 0 aromatic heterocycles. The van der Waals surface area contributed by atoms with E-state index in [2.05, 4.69) is 13.0 Å². The standard InChI is InChI=1S/C18H33O3.Li/c1-2-3-4-11-14-17(19)15-12-9-7-5-6-8-10-13-16-18(20)21;/h9,12,17H,2-8,10-11,13-16H2,1H3,(H,20,21);/q-1;+1/b12-9-;/t17-;/m1./s1. The first-order valence-corrected chi connectivity index (χ1v) is 8.69. The summed E-state index contributed by atoms with van der Waals surface area (Å²) in [5.41, 5.74) is 0. The van der Waals surface area contributed by atoms with Crippen molar-refractivity contribution in [3.05, 3.63) is 12.2 Å². The van der Waals surface area contributed by atoms with E-state index >= 15 is 0 Å². The van der Waals surface area contributed by atoms with E-state index in [4.69, 9.17) is 5.11 Å². The first-order valence-electron chi connectivity index (χ1n) is 8.69. The van der Waals surface area contributed by atoms with Crippen molar-refractivity contribution in [2.24, 2.45) is 0 Å². The van der Waals surface area contributed by atoms with Crippen LogP contribution in [0.15, 0.2) is 12.2 Å². The number of carboxylic acid groups (broad SMARTS) is 1. The van der Waals surface area contributed by atoms with Crippen molar-refractivity contribution in [3.8, 4) is 0 Å². The zero-order valence-corrected chi connectivity index (χ0v) is 14.7. The maximum atomic E-state index is 11.7. The molecule has 4 heteroatoms. The van der Waals surface area contributed by atoms with Gasteiger partial charge in [0.2, 0.25) is 0 Å². The molecule has 0 saturated carbocycles. The van der Waals surface area contributed by atoms with Crippen LogP contribution in [0, 0.1) is 0 Å². The molecule has 0 fully saturated rings. The van der Waals surface area contributed by atoms with E-state index in [0.29, 0.717) is 12.8 Å². The molecule has 0 aromatic rings. The fraction of sp³-hybridized carbons (Fsp3) is 0.833. The summed E-state index contributed by atoms with van der Waals surface area (Å²) in [6.45, 7) is 2.18. The zero-order chi connectivity index (χ0) is 15.8. The third-order valence-corrected chi connectivity index (χ3v) is 3.71.